The number of nitrogens with one attached hydrogen (secondary N) is 2. The molecule has 9 heteroatoms. The molecule has 0 spiro atoms. The first kappa shape index (κ1) is 20.3. The van der Waals surface area contributed by atoms with E-state index in [-0.39, 0.29) is 24.7 Å². The topological polar surface area (TPSA) is 149 Å². The second-order valence-electron chi connectivity index (χ2n) is 6.64. The molecule has 1 fully saturated rings. The van der Waals surface area contributed by atoms with Gasteiger partial charge < -0.3 is 30.9 Å². The first-order valence-corrected chi connectivity index (χ1v) is 8.97. The van der Waals surface area contributed by atoms with Crippen molar-refractivity contribution in [2.45, 2.75) is 18.8 Å². The number of rotatable bonds is 6. The monoisotopic (exact) mass is 398 g/mol. The Labute approximate surface area is 167 Å². The summed E-state index contributed by atoms with van der Waals surface area (Å²) in [7, 11) is 0. The highest BCUT2D eigenvalue weighted by Gasteiger charge is 2.38. The number of ether oxygens (including phenoxy) is 1. The molecule has 2 aromatic carbocycles. The molecule has 9 nitrogen and oxygen atoms in total. The van der Waals surface area contributed by atoms with Crippen LogP contribution in [0.4, 0.5) is 5.69 Å². The van der Waals surface area contributed by atoms with Gasteiger partial charge in [0, 0.05) is 24.3 Å². The molecule has 6 N–H and O–H groups in total. The van der Waals surface area contributed by atoms with Crippen molar-refractivity contribution in [2.24, 2.45) is 5.73 Å². The zero-order valence-electron chi connectivity index (χ0n) is 15.5. The molecule has 2 aromatic rings. The summed E-state index contributed by atoms with van der Waals surface area (Å²) >= 11 is 0. The number of hydrogen-bond acceptors (Lipinski definition) is 6. The minimum atomic E-state index is -1.68. The van der Waals surface area contributed by atoms with E-state index in [9.17, 15) is 19.8 Å². The van der Waals surface area contributed by atoms with Crippen molar-refractivity contribution in [3.05, 3.63) is 59.7 Å². The maximum absolute atomic E-state index is 12.7. The maximum atomic E-state index is 12.7. The van der Waals surface area contributed by atoms with Gasteiger partial charge in [-0.15, -0.1) is 0 Å². The molecular formula is C20H22N4O5. The Kier molecular flexibility index (Phi) is 6.10. The van der Waals surface area contributed by atoms with Crippen LogP contribution in [0.3, 0.4) is 0 Å². The van der Waals surface area contributed by atoms with Crippen molar-refractivity contribution >= 4 is 23.3 Å². The molecule has 1 aliphatic heterocycles. The van der Waals surface area contributed by atoms with Crippen LogP contribution < -0.4 is 11.1 Å². The lowest BCUT2D eigenvalue weighted by Gasteiger charge is -2.34. The van der Waals surface area contributed by atoms with Crippen molar-refractivity contribution in [3.8, 4) is 5.75 Å². The van der Waals surface area contributed by atoms with Gasteiger partial charge >= 0.3 is 0 Å². The van der Waals surface area contributed by atoms with Crippen molar-refractivity contribution in [3.63, 3.8) is 0 Å². The number of amides is 2. The number of phenolic OH excluding ortho intramolecular Hbond substituents is 1. The Morgan fingerprint density at radius 1 is 1.24 bits per heavy atom. The van der Waals surface area contributed by atoms with Crippen LogP contribution in [0.25, 0.3) is 0 Å². The normalized spacial score (nSPS) is 17.6. The molecule has 1 aliphatic rings. The first-order chi connectivity index (χ1) is 13.8. The number of aliphatic hydroxyl groups is 1. The molecule has 0 radical (unpaired) electrons. The Morgan fingerprint density at radius 2 is 1.90 bits per heavy atom. The molecule has 0 saturated carbocycles. The predicted molar refractivity (Wildman–Crippen MR) is 105 cm³/mol. The van der Waals surface area contributed by atoms with Gasteiger partial charge in [0.25, 0.3) is 11.8 Å². The van der Waals surface area contributed by atoms with Gasteiger partial charge in [-0.05, 0) is 42.0 Å². The quantitative estimate of drug-likeness (QED) is 0.351. The van der Waals surface area contributed by atoms with E-state index in [1.807, 2.05) is 0 Å². The minimum absolute atomic E-state index is 0.0992. The zero-order valence-corrected chi connectivity index (χ0v) is 15.5. The number of aromatic hydroxyl groups is 1. The van der Waals surface area contributed by atoms with Crippen molar-refractivity contribution < 1.29 is 24.5 Å². The van der Waals surface area contributed by atoms with Crippen LogP contribution in [0, 0.1) is 5.41 Å². The van der Waals surface area contributed by atoms with Gasteiger partial charge in [0.2, 0.25) is 0 Å². The van der Waals surface area contributed by atoms with Crippen molar-refractivity contribution in [2.75, 3.05) is 18.5 Å². The van der Waals surface area contributed by atoms with Crippen LogP contribution in [0.15, 0.2) is 48.5 Å². The van der Waals surface area contributed by atoms with E-state index in [1.54, 1.807) is 36.4 Å². The number of phenols is 1. The lowest BCUT2D eigenvalue weighted by molar-refractivity contribution is -0.166. The number of morpholine rings is 1. The Morgan fingerprint density at radius 3 is 2.52 bits per heavy atom. The highest BCUT2D eigenvalue weighted by molar-refractivity contribution is 5.99. The lowest BCUT2D eigenvalue weighted by Crippen LogP contribution is -2.54. The summed E-state index contributed by atoms with van der Waals surface area (Å²) in [6.07, 6.45) is -2.99. The van der Waals surface area contributed by atoms with Gasteiger partial charge in [-0.3, -0.25) is 15.0 Å². The fourth-order valence-corrected chi connectivity index (χ4v) is 2.94. The average Bonchev–Trinajstić information content (AvgIpc) is 2.71. The smallest absolute Gasteiger partial charge is 0.256 e. The van der Waals surface area contributed by atoms with Crippen LogP contribution in [-0.4, -0.2) is 58.1 Å². The molecule has 0 aliphatic carbocycles. The summed E-state index contributed by atoms with van der Waals surface area (Å²) in [5, 5.41) is 29.6. The molecule has 0 unspecified atom stereocenters. The maximum Gasteiger partial charge on any atom is 0.256 e. The molecule has 2 atom stereocenters. The standard InChI is InChI=1S/C20H22N4O5/c21-18(22)13-3-5-14(6-4-13)23-19(27)16(26)17-20(28)24(9-10-29-17)11-12-1-7-15(25)8-2-12/h1-8,16-17,25-26H,9-11H2,(H3,21,22)(H,23,27)/t16-,17-/m1/s1. The van der Waals surface area contributed by atoms with Crippen molar-refractivity contribution in [1.82, 2.24) is 4.90 Å². The number of aliphatic hydroxyl groups excluding tert-OH is 1. The molecule has 3 rings (SSSR count). The van der Waals surface area contributed by atoms with E-state index in [1.165, 1.54) is 17.0 Å². The number of carbonyl (C=O) groups is 2. The highest BCUT2D eigenvalue weighted by atomic mass is 16.5. The van der Waals surface area contributed by atoms with Gasteiger partial charge in [0.1, 0.15) is 11.6 Å². The third-order valence-electron chi connectivity index (χ3n) is 4.54. The van der Waals surface area contributed by atoms with Gasteiger partial charge in [0.15, 0.2) is 12.2 Å². The lowest BCUT2D eigenvalue weighted by atomic mass is 10.1. The van der Waals surface area contributed by atoms with Gasteiger partial charge in [0.05, 0.1) is 6.61 Å². The number of nitrogens with two attached hydrogens (primary N) is 1. The minimum Gasteiger partial charge on any atom is -0.508 e. The Hall–Kier alpha value is -3.43. The summed E-state index contributed by atoms with van der Waals surface area (Å²) in [6.45, 7) is 0.795. The summed E-state index contributed by atoms with van der Waals surface area (Å²) in [5.74, 6) is -1.23. The SMILES string of the molecule is N=C(N)c1ccc(NC(=O)[C@H](O)[C@H]2OCCN(Cc3ccc(O)cc3)C2=O)cc1. The zero-order chi connectivity index (χ0) is 21.0. The van der Waals surface area contributed by atoms with E-state index < -0.39 is 24.0 Å². The second kappa shape index (κ2) is 8.72. The van der Waals surface area contributed by atoms with Gasteiger partial charge in [-0.2, -0.15) is 0 Å². The van der Waals surface area contributed by atoms with E-state index in [0.717, 1.165) is 5.56 Å². The molecule has 29 heavy (non-hydrogen) atoms. The summed E-state index contributed by atoms with van der Waals surface area (Å²) in [5.41, 5.74) is 7.08. The second-order valence-corrected chi connectivity index (χ2v) is 6.64. The molecule has 152 valence electrons. The fraction of sp³-hybridized carbons (Fsp3) is 0.250. The Balaban J connectivity index is 1.63. The number of anilines is 1. The van der Waals surface area contributed by atoms with Gasteiger partial charge in [-0.1, -0.05) is 12.1 Å². The van der Waals surface area contributed by atoms with E-state index in [2.05, 4.69) is 5.32 Å². The van der Waals surface area contributed by atoms with Crippen molar-refractivity contribution in [1.29, 1.82) is 5.41 Å². The van der Waals surface area contributed by atoms with Crippen LogP contribution >= 0.6 is 0 Å². The number of amidine groups is 1. The summed E-state index contributed by atoms with van der Waals surface area (Å²) in [6, 6.07) is 12.7. The highest BCUT2D eigenvalue weighted by Crippen LogP contribution is 2.18. The van der Waals surface area contributed by atoms with E-state index in [0.29, 0.717) is 17.8 Å². The number of nitrogen functional groups attached to an aromatic ring is 1. The number of hydrogen-bond donors (Lipinski definition) is 5. The molecule has 0 aromatic heterocycles. The molecule has 1 saturated heterocycles. The predicted octanol–water partition coefficient (Wildman–Crippen LogP) is 0.403. The number of benzene rings is 2. The molecular weight excluding hydrogens is 376 g/mol. The van der Waals surface area contributed by atoms with Crippen LogP contribution in [0.2, 0.25) is 0 Å². The number of carbonyl (C=O) groups excluding carboxylic acids is 2. The fourth-order valence-electron chi connectivity index (χ4n) is 2.94. The third kappa shape index (κ3) is 4.89. The number of nitrogens with zero attached hydrogens (tertiary/aromatic N) is 1. The van der Waals surface area contributed by atoms with Gasteiger partial charge in [-0.25, -0.2) is 0 Å². The Bertz CT molecular complexity index is 898. The summed E-state index contributed by atoms with van der Waals surface area (Å²) in [4.78, 5) is 26.6. The summed E-state index contributed by atoms with van der Waals surface area (Å²) < 4.78 is 5.36. The van der Waals surface area contributed by atoms with E-state index in [4.69, 9.17) is 15.9 Å². The van der Waals surface area contributed by atoms with Crippen LogP contribution in [0.1, 0.15) is 11.1 Å². The molecule has 2 amide bonds. The molecule has 1 heterocycles. The van der Waals surface area contributed by atoms with E-state index >= 15 is 0 Å². The first-order valence-electron chi connectivity index (χ1n) is 8.97. The van der Waals surface area contributed by atoms with Crippen LogP contribution in [-0.2, 0) is 20.9 Å². The third-order valence-corrected chi connectivity index (χ3v) is 4.54. The van der Waals surface area contributed by atoms with Crippen LogP contribution in [0.5, 0.6) is 5.75 Å². The molecule has 0 bridgehead atoms. The average molecular weight is 398 g/mol. The largest absolute Gasteiger partial charge is 0.508 e.